The van der Waals surface area contributed by atoms with E-state index in [1.165, 1.54) is 12.1 Å². The third-order valence-corrected chi connectivity index (χ3v) is 6.71. The first-order chi connectivity index (χ1) is 18.4. The van der Waals surface area contributed by atoms with Crippen molar-refractivity contribution in [3.63, 3.8) is 0 Å². The molecule has 1 amide bonds. The number of amides is 1. The van der Waals surface area contributed by atoms with Gasteiger partial charge in [0.25, 0.3) is 0 Å². The van der Waals surface area contributed by atoms with Gasteiger partial charge in [0, 0.05) is 42.0 Å². The highest BCUT2D eigenvalue weighted by Gasteiger charge is 2.29. The fraction of sp³-hybridized carbons (Fsp3) is 0.241. The van der Waals surface area contributed by atoms with E-state index in [-0.39, 0.29) is 24.1 Å². The predicted molar refractivity (Wildman–Crippen MR) is 140 cm³/mol. The van der Waals surface area contributed by atoms with Gasteiger partial charge in [-0.05, 0) is 36.8 Å². The Labute approximate surface area is 218 Å². The first-order valence-corrected chi connectivity index (χ1v) is 12.3. The Morgan fingerprint density at radius 3 is 2.39 bits per heavy atom. The number of hydrogen-bond acceptors (Lipinski definition) is 6. The lowest BCUT2D eigenvalue weighted by atomic mass is 10.0. The Morgan fingerprint density at radius 1 is 1.03 bits per heavy atom. The van der Waals surface area contributed by atoms with E-state index in [1.807, 2.05) is 41.3 Å². The van der Waals surface area contributed by atoms with E-state index >= 15 is 0 Å². The average molecular weight is 514 g/mol. The summed E-state index contributed by atoms with van der Waals surface area (Å²) in [7, 11) is 0. The molecule has 0 N–H and O–H groups in total. The standard InChI is InChI=1S/C29H25F2N5O2/c1-19-18-35(26(37)16-20-8-12-23(13-9-20)38-29(30)31)14-15-36(19)28-25-5-3-2-4-24(25)27(33-34-28)22-10-6-21(17-32)7-11-22/h2-13,19,29H,14-16,18H2,1H3/t19-/m0/s1. The van der Waals surface area contributed by atoms with E-state index in [9.17, 15) is 13.6 Å². The molecule has 7 nitrogen and oxygen atoms in total. The van der Waals surface area contributed by atoms with Gasteiger partial charge >= 0.3 is 6.61 Å². The molecule has 0 unspecified atom stereocenters. The van der Waals surface area contributed by atoms with Crippen molar-refractivity contribution in [2.45, 2.75) is 26.0 Å². The molecule has 0 spiro atoms. The van der Waals surface area contributed by atoms with Crippen molar-refractivity contribution in [1.82, 2.24) is 15.1 Å². The maximum Gasteiger partial charge on any atom is 0.387 e. The summed E-state index contributed by atoms with van der Waals surface area (Å²) in [4.78, 5) is 17.0. The SMILES string of the molecule is C[C@H]1CN(C(=O)Cc2ccc(OC(F)F)cc2)CCN1c1nnc(-c2ccc(C#N)cc2)c2ccccc12. The molecular weight excluding hydrogens is 488 g/mol. The number of nitrogens with zero attached hydrogens (tertiary/aromatic N) is 5. The van der Waals surface area contributed by atoms with Gasteiger partial charge in [-0.15, -0.1) is 10.2 Å². The van der Waals surface area contributed by atoms with Crippen LogP contribution in [-0.2, 0) is 11.2 Å². The van der Waals surface area contributed by atoms with Gasteiger partial charge in [0.05, 0.1) is 18.1 Å². The van der Waals surface area contributed by atoms with Crippen LogP contribution in [0.5, 0.6) is 5.75 Å². The van der Waals surface area contributed by atoms with Gasteiger partial charge < -0.3 is 14.5 Å². The maximum atomic E-state index is 13.0. The Bertz CT molecular complexity index is 1490. The van der Waals surface area contributed by atoms with Gasteiger partial charge in [-0.1, -0.05) is 48.5 Å². The average Bonchev–Trinajstić information content (AvgIpc) is 2.93. The molecule has 0 bridgehead atoms. The minimum absolute atomic E-state index is 0.00739. The van der Waals surface area contributed by atoms with Crippen LogP contribution in [0.3, 0.4) is 0 Å². The molecular formula is C29H25F2N5O2. The predicted octanol–water partition coefficient (Wildman–Crippen LogP) is 5.05. The van der Waals surface area contributed by atoms with Crippen LogP contribution in [0.25, 0.3) is 22.0 Å². The highest BCUT2D eigenvalue weighted by atomic mass is 19.3. The van der Waals surface area contributed by atoms with Gasteiger partial charge in [-0.3, -0.25) is 4.79 Å². The smallest absolute Gasteiger partial charge is 0.387 e. The maximum absolute atomic E-state index is 13.0. The molecule has 3 aromatic carbocycles. The van der Waals surface area contributed by atoms with Crippen molar-refractivity contribution in [2.24, 2.45) is 0 Å². The Hall–Kier alpha value is -4.58. The quantitative estimate of drug-likeness (QED) is 0.359. The molecule has 1 aliphatic heterocycles. The number of hydrogen-bond donors (Lipinski definition) is 0. The van der Waals surface area contributed by atoms with E-state index in [1.54, 1.807) is 24.3 Å². The largest absolute Gasteiger partial charge is 0.435 e. The van der Waals surface area contributed by atoms with Crippen LogP contribution >= 0.6 is 0 Å². The Balaban J connectivity index is 1.31. The zero-order valence-corrected chi connectivity index (χ0v) is 20.7. The Kier molecular flexibility index (Phi) is 7.13. The molecule has 0 radical (unpaired) electrons. The number of alkyl halides is 2. The number of carbonyl (C=O) groups is 1. The number of halogens is 2. The number of piperazine rings is 1. The lowest BCUT2D eigenvalue weighted by Crippen LogP contribution is -2.54. The fourth-order valence-corrected chi connectivity index (χ4v) is 4.79. The summed E-state index contributed by atoms with van der Waals surface area (Å²) in [5, 5.41) is 20.2. The minimum Gasteiger partial charge on any atom is -0.435 e. The minimum atomic E-state index is -2.88. The summed E-state index contributed by atoms with van der Waals surface area (Å²) < 4.78 is 29.1. The zero-order valence-electron chi connectivity index (χ0n) is 20.7. The van der Waals surface area contributed by atoms with Crippen LogP contribution in [0.1, 0.15) is 18.1 Å². The summed E-state index contributed by atoms with van der Waals surface area (Å²) >= 11 is 0. The van der Waals surface area contributed by atoms with Crippen LogP contribution in [0.15, 0.2) is 72.8 Å². The third kappa shape index (κ3) is 5.25. The molecule has 5 rings (SSSR count). The molecule has 1 saturated heterocycles. The number of rotatable bonds is 6. The second-order valence-corrected chi connectivity index (χ2v) is 9.19. The van der Waals surface area contributed by atoms with Crippen molar-refractivity contribution >= 4 is 22.5 Å². The number of carbonyl (C=O) groups excluding carboxylic acids is 1. The van der Waals surface area contributed by atoms with Crippen molar-refractivity contribution in [1.29, 1.82) is 5.26 Å². The van der Waals surface area contributed by atoms with E-state index < -0.39 is 6.61 Å². The first-order valence-electron chi connectivity index (χ1n) is 12.3. The topological polar surface area (TPSA) is 82.3 Å². The molecule has 1 aliphatic rings. The van der Waals surface area contributed by atoms with E-state index in [4.69, 9.17) is 5.26 Å². The molecule has 1 atom stereocenters. The molecule has 1 aromatic heterocycles. The van der Waals surface area contributed by atoms with Crippen LogP contribution in [0, 0.1) is 11.3 Å². The molecule has 0 saturated carbocycles. The van der Waals surface area contributed by atoms with Gasteiger partial charge in [-0.25, -0.2) is 0 Å². The van der Waals surface area contributed by atoms with Gasteiger partial charge in [0.2, 0.25) is 5.91 Å². The lowest BCUT2D eigenvalue weighted by molar-refractivity contribution is -0.131. The summed E-state index contributed by atoms with van der Waals surface area (Å²) in [5.74, 6) is 0.815. The number of benzene rings is 3. The van der Waals surface area contributed by atoms with Crippen LogP contribution < -0.4 is 9.64 Å². The Morgan fingerprint density at radius 2 is 1.74 bits per heavy atom. The third-order valence-electron chi connectivity index (χ3n) is 6.71. The monoisotopic (exact) mass is 513 g/mol. The molecule has 1 fully saturated rings. The van der Waals surface area contributed by atoms with Crippen molar-refractivity contribution in [3.8, 4) is 23.1 Å². The summed E-state index contributed by atoms with van der Waals surface area (Å²) in [6.45, 7) is 0.834. The van der Waals surface area contributed by atoms with Crippen LogP contribution in [-0.4, -0.2) is 53.3 Å². The van der Waals surface area contributed by atoms with Crippen molar-refractivity contribution in [2.75, 3.05) is 24.5 Å². The van der Waals surface area contributed by atoms with E-state index in [2.05, 4.69) is 32.8 Å². The molecule has 9 heteroatoms. The van der Waals surface area contributed by atoms with E-state index in [0.717, 1.165) is 33.4 Å². The molecule has 192 valence electrons. The zero-order chi connectivity index (χ0) is 26.6. The highest BCUT2D eigenvalue weighted by Crippen LogP contribution is 2.33. The second kappa shape index (κ2) is 10.8. The molecule has 0 aliphatic carbocycles. The normalized spacial score (nSPS) is 15.5. The first kappa shape index (κ1) is 25.1. The van der Waals surface area contributed by atoms with Gasteiger partial charge in [-0.2, -0.15) is 14.0 Å². The number of aromatic nitrogens is 2. The lowest BCUT2D eigenvalue weighted by Gasteiger charge is -2.40. The number of fused-ring (bicyclic) bond motifs is 1. The van der Waals surface area contributed by atoms with Gasteiger partial charge in [0.1, 0.15) is 11.4 Å². The van der Waals surface area contributed by atoms with Gasteiger partial charge in [0.15, 0.2) is 5.82 Å². The van der Waals surface area contributed by atoms with E-state index in [0.29, 0.717) is 25.2 Å². The van der Waals surface area contributed by atoms with Crippen molar-refractivity contribution < 1.29 is 18.3 Å². The molecule has 4 aromatic rings. The number of nitriles is 1. The molecule has 2 heterocycles. The molecule has 38 heavy (non-hydrogen) atoms. The number of ether oxygens (including phenoxy) is 1. The summed E-state index contributed by atoms with van der Waals surface area (Å²) in [6.07, 6.45) is 0.184. The van der Waals surface area contributed by atoms with Crippen LogP contribution in [0.2, 0.25) is 0 Å². The highest BCUT2D eigenvalue weighted by molar-refractivity contribution is 6.00. The number of anilines is 1. The summed E-state index contributed by atoms with van der Waals surface area (Å²) in [6, 6.07) is 23.6. The summed E-state index contributed by atoms with van der Waals surface area (Å²) in [5.41, 5.74) is 2.96. The van der Waals surface area contributed by atoms with Crippen LogP contribution in [0.4, 0.5) is 14.6 Å². The van der Waals surface area contributed by atoms with Crippen molar-refractivity contribution in [3.05, 3.63) is 83.9 Å². The fourth-order valence-electron chi connectivity index (χ4n) is 4.79. The second-order valence-electron chi connectivity index (χ2n) is 9.19.